The molecule has 1 saturated heterocycles. The van der Waals surface area contributed by atoms with Gasteiger partial charge in [0.25, 0.3) is 5.76 Å². The van der Waals surface area contributed by atoms with Gasteiger partial charge < -0.3 is 14.8 Å². The molecule has 1 fully saturated rings. The Hall–Kier alpha value is -2.79. The monoisotopic (exact) mass is 537 g/mol. The Labute approximate surface area is 218 Å². The summed E-state index contributed by atoms with van der Waals surface area (Å²) >= 11 is 1.69. The van der Waals surface area contributed by atoms with Gasteiger partial charge in [-0.1, -0.05) is 36.9 Å². The summed E-state index contributed by atoms with van der Waals surface area (Å²) in [5.74, 6) is -1.99. The van der Waals surface area contributed by atoms with Gasteiger partial charge in [-0.3, -0.25) is 14.5 Å². The van der Waals surface area contributed by atoms with E-state index in [4.69, 9.17) is 9.47 Å². The number of benzene rings is 2. The largest absolute Gasteiger partial charge is 0.497 e. The van der Waals surface area contributed by atoms with Crippen LogP contribution in [-0.2, 0) is 9.59 Å². The lowest BCUT2D eigenvalue weighted by Gasteiger charge is -2.24. The number of carbonyl (C=O) groups excluding carboxylic acids is 2. The summed E-state index contributed by atoms with van der Waals surface area (Å²) in [5, 5.41) is 2.66. The smallest absolute Gasteiger partial charge is 0.288 e. The lowest BCUT2D eigenvalue weighted by Crippen LogP contribution is -2.40. The van der Waals surface area contributed by atoms with Gasteiger partial charge in [0.15, 0.2) is 5.17 Å². The van der Waals surface area contributed by atoms with Crippen molar-refractivity contribution in [1.29, 1.82) is 0 Å². The van der Waals surface area contributed by atoms with Crippen LogP contribution in [0, 0.1) is 0 Å². The number of ether oxygens (including phenoxy) is 2. The third-order valence-electron chi connectivity index (χ3n) is 5.45. The molecular weight excluding hydrogens is 508 g/mol. The van der Waals surface area contributed by atoms with Gasteiger partial charge in [0.1, 0.15) is 16.7 Å². The molecule has 0 bridgehead atoms. The molecule has 0 radical (unpaired) electrons. The van der Waals surface area contributed by atoms with Gasteiger partial charge in [-0.25, -0.2) is 4.99 Å². The second-order valence-corrected chi connectivity index (χ2v) is 10.3. The summed E-state index contributed by atoms with van der Waals surface area (Å²) in [5.41, 5.74) is 0.994. The Morgan fingerprint density at radius 3 is 2.53 bits per heavy atom. The average Bonchev–Trinajstić information content (AvgIpc) is 3.14. The Balaban J connectivity index is 1.79. The molecule has 2 amide bonds. The van der Waals surface area contributed by atoms with Crippen molar-refractivity contribution < 1.29 is 27.8 Å². The molecule has 1 heterocycles. The Morgan fingerprint density at radius 2 is 1.92 bits per heavy atom. The van der Waals surface area contributed by atoms with E-state index in [2.05, 4.69) is 10.3 Å². The second-order valence-electron chi connectivity index (χ2n) is 8.04. The Kier molecular flexibility index (Phi) is 10.0. The van der Waals surface area contributed by atoms with Crippen molar-refractivity contribution in [2.24, 2.45) is 4.99 Å². The molecule has 11 heteroatoms. The first-order valence-electron chi connectivity index (χ1n) is 11.4. The van der Waals surface area contributed by atoms with Crippen molar-refractivity contribution in [2.45, 2.75) is 55.1 Å². The van der Waals surface area contributed by atoms with E-state index in [0.717, 1.165) is 12.8 Å². The minimum Gasteiger partial charge on any atom is -0.497 e. The molecule has 2 atom stereocenters. The molecule has 2 unspecified atom stereocenters. The molecule has 0 spiro atoms. The van der Waals surface area contributed by atoms with E-state index in [1.807, 2.05) is 13.8 Å². The summed E-state index contributed by atoms with van der Waals surface area (Å²) in [6.45, 7) is 3.98. The topological polar surface area (TPSA) is 80.2 Å². The Bertz CT molecular complexity index is 1100. The fourth-order valence-corrected chi connectivity index (χ4v) is 5.48. The van der Waals surface area contributed by atoms with Crippen molar-refractivity contribution in [3.63, 3.8) is 0 Å². The number of thioether (sulfide) groups is 2. The van der Waals surface area contributed by atoms with Gasteiger partial charge >= 0.3 is 0 Å². The number of anilines is 1. The molecule has 1 aliphatic rings. The van der Waals surface area contributed by atoms with E-state index in [9.17, 15) is 18.4 Å². The molecule has 1 aliphatic heterocycles. The molecular formula is C25H29F2N3O4S2. The molecule has 1 N–H and O–H groups in total. The van der Waals surface area contributed by atoms with Crippen LogP contribution in [0.5, 0.6) is 11.5 Å². The van der Waals surface area contributed by atoms with Gasteiger partial charge in [0, 0.05) is 23.4 Å². The number of hydrogen-bond donors (Lipinski definition) is 1. The standard InChI is InChI=1S/C25H29F2N3O4S2/c1-5-6-15(2)30-23(32)21(14-22(31)29-19-13-17(33-3)9-12-20(19)34-4)36-25(30)28-16-7-10-18(11-8-16)35-24(26)27/h7-13,15,21,24H,5-6,14H2,1-4H3,(H,29,31). The van der Waals surface area contributed by atoms with Crippen LogP contribution in [0.2, 0.25) is 0 Å². The molecule has 2 aromatic carbocycles. The average molecular weight is 538 g/mol. The quantitative estimate of drug-likeness (QED) is 0.346. The lowest BCUT2D eigenvalue weighted by molar-refractivity contribution is -0.129. The highest BCUT2D eigenvalue weighted by Gasteiger charge is 2.41. The predicted octanol–water partition coefficient (Wildman–Crippen LogP) is 6.17. The predicted molar refractivity (Wildman–Crippen MR) is 141 cm³/mol. The first-order chi connectivity index (χ1) is 17.2. The van der Waals surface area contributed by atoms with Gasteiger partial charge in [-0.2, -0.15) is 8.78 Å². The van der Waals surface area contributed by atoms with Crippen LogP contribution in [0.3, 0.4) is 0 Å². The van der Waals surface area contributed by atoms with Gasteiger partial charge in [0.05, 0.1) is 25.6 Å². The number of aliphatic imine (C=N–C) groups is 1. The molecule has 2 aromatic rings. The molecule has 36 heavy (non-hydrogen) atoms. The summed E-state index contributed by atoms with van der Waals surface area (Å²) in [4.78, 5) is 32.9. The van der Waals surface area contributed by atoms with Crippen LogP contribution >= 0.6 is 23.5 Å². The van der Waals surface area contributed by atoms with Crippen LogP contribution in [0.1, 0.15) is 33.1 Å². The van der Waals surface area contributed by atoms with Crippen molar-refractivity contribution in [1.82, 2.24) is 4.90 Å². The van der Waals surface area contributed by atoms with E-state index in [1.165, 1.54) is 26.0 Å². The zero-order chi connectivity index (χ0) is 26.2. The maximum atomic E-state index is 13.3. The van der Waals surface area contributed by atoms with Crippen molar-refractivity contribution in [3.05, 3.63) is 42.5 Å². The number of amides is 2. The van der Waals surface area contributed by atoms with Crippen molar-refractivity contribution in [2.75, 3.05) is 19.5 Å². The van der Waals surface area contributed by atoms with Crippen LogP contribution in [-0.4, -0.2) is 53.2 Å². The summed E-state index contributed by atoms with van der Waals surface area (Å²) in [6.07, 6.45) is 1.60. The first-order valence-corrected chi connectivity index (χ1v) is 13.2. The van der Waals surface area contributed by atoms with Gasteiger partial charge in [0.2, 0.25) is 11.8 Å². The number of methoxy groups -OCH3 is 2. The molecule has 0 aromatic heterocycles. The van der Waals surface area contributed by atoms with Gasteiger partial charge in [-0.15, -0.1) is 0 Å². The molecule has 7 nitrogen and oxygen atoms in total. The number of halogens is 2. The summed E-state index contributed by atoms with van der Waals surface area (Å²) in [7, 11) is 3.03. The highest BCUT2D eigenvalue weighted by Crippen LogP contribution is 2.35. The number of nitrogens with one attached hydrogen (secondary N) is 1. The Morgan fingerprint density at radius 1 is 1.19 bits per heavy atom. The van der Waals surface area contributed by atoms with Crippen LogP contribution in [0.15, 0.2) is 52.4 Å². The first kappa shape index (κ1) is 27.8. The zero-order valence-electron chi connectivity index (χ0n) is 20.5. The number of nitrogens with zero attached hydrogens (tertiary/aromatic N) is 2. The minimum absolute atomic E-state index is 0.0534. The van der Waals surface area contributed by atoms with E-state index in [1.54, 1.807) is 47.4 Å². The molecule has 0 saturated carbocycles. The SMILES string of the molecule is CCCC(C)N1C(=O)C(CC(=O)Nc2cc(OC)ccc2OC)SC1=Nc1ccc(SC(F)F)cc1. The van der Waals surface area contributed by atoms with E-state index in [-0.39, 0.29) is 24.3 Å². The maximum absolute atomic E-state index is 13.3. The summed E-state index contributed by atoms with van der Waals surface area (Å²) in [6, 6.07) is 11.4. The van der Waals surface area contributed by atoms with Crippen LogP contribution in [0.25, 0.3) is 0 Å². The third kappa shape index (κ3) is 7.13. The summed E-state index contributed by atoms with van der Waals surface area (Å²) < 4.78 is 35.8. The fraction of sp³-hybridized carbons (Fsp3) is 0.400. The van der Waals surface area contributed by atoms with Crippen molar-refractivity contribution >= 4 is 51.9 Å². The number of rotatable bonds is 11. The third-order valence-corrected chi connectivity index (χ3v) is 7.33. The van der Waals surface area contributed by atoms with E-state index < -0.39 is 11.0 Å². The lowest BCUT2D eigenvalue weighted by atomic mass is 10.1. The number of alkyl halides is 2. The molecule has 194 valence electrons. The highest BCUT2D eigenvalue weighted by atomic mass is 32.2. The minimum atomic E-state index is -2.50. The molecule has 0 aliphatic carbocycles. The van der Waals surface area contributed by atoms with Crippen LogP contribution < -0.4 is 14.8 Å². The maximum Gasteiger partial charge on any atom is 0.288 e. The normalized spacial score (nSPS) is 17.5. The highest BCUT2D eigenvalue weighted by molar-refractivity contribution is 8.15. The van der Waals surface area contributed by atoms with Gasteiger partial charge in [-0.05, 0) is 49.7 Å². The molecule has 3 rings (SSSR count). The number of amidine groups is 1. The number of carbonyl (C=O) groups is 2. The fourth-order valence-electron chi connectivity index (χ4n) is 3.74. The van der Waals surface area contributed by atoms with Crippen LogP contribution in [0.4, 0.5) is 20.2 Å². The van der Waals surface area contributed by atoms with E-state index >= 15 is 0 Å². The zero-order valence-corrected chi connectivity index (χ0v) is 22.1. The number of hydrogen-bond acceptors (Lipinski definition) is 7. The second kappa shape index (κ2) is 13.0. The van der Waals surface area contributed by atoms with Crippen molar-refractivity contribution in [3.8, 4) is 11.5 Å². The van der Waals surface area contributed by atoms with E-state index in [0.29, 0.717) is 44.7 Å².